The van der Waals surface area contributed by atoms with Gasteiger partial charge in [0.15, 0.2) is 0 Å². The van der Waals surface area contributed by atoms with E-state index in [4.69, 9.17) is 0 Å². The molecule has 0 spiro atoms. The van der Waals surface area contributed by atoms with Gasteiger partial charge in [-0.2, -0.15) is 0 Å². The summed E-state index contributed by atoms with van der Waals surface area (Å²) in [6, 6.07) is 38.4. The van der Waals surface area contributed by atoms with E-state index in [1.165, 1.54) is 33.4 Å². The molecule has 0 aliphatic heterocycles. The van der Waals surface area contributed by atoms with E-state index in [1.807, 2.05) is 0 Å². The van der Waals surface area contributed by atoms with Crippen molar-refractivity contribution in [3.05, 3.63) is 146 Å². The standard InChI is InChI=1S/C13H9.C13H10.C6H7.Zr/c1-3-7-12-10(5-1)9-11-6-2-4-8-13(11)12;1-3-7-12(8-4-1)11-13-9-5-2-6-10-13;1-6-4-2-3-5-6;/h1-5,7-8H,9H2;1-10H;4-5H,2H2,1H3;. The molecule has 1 heteroatoms. The molecule has 6 rings (SSSR count). The van der Waals surface area contributed by atoms with Crippen molar-refractivity contribution in [2.24, 2.45) is 0 Å². The molecule has 2 aliphatic carbocycles. The molecule has 0 nitrogen and oxygen atoms in total. The van der Waals surface area contributed by atoms with Gasteiger partial charge >= 0.3 is 205 Å². The quantitative estimate of drug-likeness (QED) is 0.249. The van der Waals surface area contributed by atoms with Crippen LogP contribution in [0.25, 0.3) is 11.1 Å². The van der Waals surface area contributed by atoms with Crippen LogP contribution in [-0.4, -0.2) is 3.21 Å². The molecule has 4 aromatic rings. The van der Waals surface area contributed by atoms with E-state index in [-0.39, 0.29) is 0 Å². The molecule has 33 heavy (non-hydrogen) atoms. The molecular weight excluding hydrogens is 476 g/mol. The molecule has 0 unspecified atom stereocenters. The second kappa shape index (κ2) is 8.81. The van der Waals surface area contributed by atoms with Crippen LogP contribution in [0.5, 0.6) is 0 Å². The molecule has 0 amide bonds. The summed E-state index contributed by atoms with van der Waals surface area (Å²) >= 11 is -2.50. The van der Waals surface area contributed by atoms with Crippen molar-refractivity contribution < 1.29 is 21.3 Å². The van der Waals surface area contributed by atoms with Gasteiger partial charge in [0.25, 0.3) is 0 Å². The van der Waals surface area contributed by atoms with Gasteiger partial charge in [-0.3, -0.25) is 0 Å². The Balaban J connectivity index is 1.68. The summed E-state index contributed by atoms with van der Waals surface area (Å²) in [4.78, 5) is 0. The van der Waals surface area contributed by atoms with Crippen LogP contribution in [0.3, 0.4) is 0 Å². The first-order chi connectivity index (χ1) is 16.3. The first-order valence-electron chi connectivity index (χ1n) is 11.7. The van der Waals surface area contributed by atoms with Gasteiger partial charge < -0.3 is 0 Å². The molecule has 4 aromatic carbocycles. The number of benzene rings is 4. The number of allylic oxidation sites excluding steroid dienone is 4. The van der Waals surface area contributed by atoms with Crippen molar-refractivity contribution in [1.82, 2.24) is 0 Å². The Hall–Kier alpha value is -2.89. The second-order valence-corrected chi connectivity index (χ2v) is 14.9. The van der Waals surface area contributed by atoms with Gasteiger partial charge in [-0.25, -0.2) is 0 Å². The van der Waals surface area contributed by atoms with Crippen molar-refractivity contribution in [2.75, 3.05) is 0 Å². The van der Waals surface area contributed by atoms with E-state index >= 15 is 0 Å². The van der Waals surface area contributed by atoms with Crippen molar-refractivity contribution in [1.29, 1.82) is 0 Å². The minimum absolute atomic E-state index is 1.06. The average Bonchev–Trinajstić information content (AvgIpc) is 3.47. The Morgan fingerprint density at radius 3 is 1.97 bits per heavy atom. The van der Waals surface area contributed by atoms with Crippen LogP contribution in [0.1, 0.15) is 35.6 Å². The minimum atomic E-state index is -2.50. The van der Waals surface area contributed by atoms with Gasteiger partial charge in [-0.1, -0.05) is 0 Å². The van der Waals surface area contributed by atoms with Crippen LogP contribution in [-0.2, 0) is 27.7 Å². The Bertz CT molecular complexity index is 1400. The molecule has 0 N–H and O–H groups in total. The number of rotatable bonds is 4. The molecule has 0 saturated heterocycles. The molecule has 0 aromatic heterocycles. The first kappa shape index (κ1) is 20.7. The van der Waals surface area contributed by atoms with Gasteiger partial charge in [-0.15, -0.1) is 0 Å². The van der Waals surface area contributed by atoms with Crippen LogP contribution in [0.15, 0.2) is 124 Å². The molecule has 0 fully saturated rings. The van der Waals surface area contributed by atoms with Crippen molar-refractivity contribution in [3.8, 4) is 11.1 Å². The van der Waals surface area contributed by atoms with Crippen LogP contribution < -0.4 is 3.27 Å². The summed E-state index contributed by atoms with van der Waals surface area (Å²) in [5.74, 6) is 0. The summed E-state index contributed by atoms with van der Waals surface area (Å²) in [7, 11) is 0. The third-order valence-corrected chi connectivity index (χ3v) is 14.4. The van der Waals surface area contributed by atoms with Crippen LogP contribution >= 0.6 is 0 Å². The zero-order valence-corrected chi connectivity index (χ0v) is 21.3. The van der Waals surface area contributed by atoms with Crippen molar-refractivity contribution in [2.45, 2.75) is 19.8 Å². The summed E-state index contributed by atoms with van der Waals surface area (Å²) in [6.45, 7) is 2.25. The molecule has 0 heterocycles. The predicted octanol–water partition coefficient (Wildman–Crippen LogP) is 7.00. The van der Waals surface area contributed by atoms with Gasteiger partial charge in [0.05, 0.1) is 0 Å². The Morgan fingerprint density at radius 2 is 1.30 bits per heavy atom. The topological polar surface area (TPSA) is 0 Å². The predicted molar refractivity (Wildman–Crippen MR) is 137 cm³/mol. The summed E-state index contributed by atoms with van der Waals surface area (Å²) in [6.07, 6.45) is 7.08. The van der Waals surface area contributed by atoms with Gasteiger partial charge in [0.1, 0.15) is 0 Å². The first-order valence-corrected chi connectivity index (χ1v) is 15.4. The maximum atomic E-state index is 2.50. The molecule has 0 radical (unpaired) electrons. The zero-order valence-electron chi connectivity index (χ0n) is 18.9. The third kappa shape index (κ3) is 3.79. The molecule has 0 bridgehead atoms. The Morgan fingerprint density at radius 1 is 0.667 bits per heavy atom. The normalized spacial score (nSPS) is 13.7. The fraction of sp³-hybridized carbons (Fsp3) is 0.0938. The van der Waals surface area contributed by atoms with Crippen LogP contribution in [0.2, 0.25) is 0 Å². The van der Waals surface area contributed by atoms with E-state index in [0.29, 0.717) is 0 Å². The fourth-order valence-electron chi connectivity index (χ4n) is 5.36. The van der Waals surface area contributed by atoms with E-state index in [0.717, 1.165) is 12.8 Å². The average molecular weight is 502 g/mol. The third-order valence-electron chi connectivity index (χ3n) is 6.86. The van der Waals surface area contributed by atoms with Gasteiger partial charge in [-0.05, 0) is 0 Å². The van der Waals surface area contributed by atoms with Crippen LogP contribution in [0, 0.1) is 0 Å². The fourth-order valence-corrected chi connectivity index (χ4v) is 13.5. The molecule has 158 valence electrons. The van der Waals surface area contributed by atoms with Crippen molar-refractivity contribution in [3.63, 3.8) is 0 Å². The number of hydrogen-bond donors (Lipinski definition) is 0. The van der Waals surface area contributed by atoms with E-state index in [2.05, 4.69) is 122 Å². The molecule has 0 atom stereocenters. The summed E-state index contributed by atoms with van der Waals surface area (Å²) in [5, 5.41) is 0. The SMILES string of the molecule is CC1=CC[C]([Zr](=[C](c2ccccc2)c2ccccc2)[c]2cccc3c2Cc2ccccc2-3)=C1. The molecule has 0 saturated carbocycles. The van der Waals surface area contributed by atoms with Crippen LogP contribution in [0.4, 0.5) is 0 Å². The Labute approximate surface area is 204 Å². The second-order valence-electron chi connectivity index (χ2n) is 8.97. The van der Waals surface area contributed by atoms with E-state index in [9.17, 15) is 0 Å². The van der Waals surface area contributed by atoms with E-state index in [1.54, 1.807) is 15.3 Å². The van der Waals surface area contributed by atoms with E-state index < -0.39 is 21.3 Å². The summed E-state index contributed by atoms with van der Waals surface area (Å²) < 4.78 is 4.92. The zero-order chi connectivity index (χ0) is 22.2. The van der Waals surface area contributed by atoms with Crippen molar-refractivity contribution >= 4 is 6.48 Å². The number of fused-ring (bicyclic) bond motifs is 3. The maximum absolute atomic E-state index is 2.50. The Kier molecular flexibility index (Phi) is 5.52. The van der Waals surface area contributed by atoms with Gasteiger partial charge in [0, 0.05) is 0 Å². The summed E-state index contributed by atoms with van der Waals surface area (Å²) in [5.41, 5.74) is 10.1. The molecular formula is C32H26Zr. The number of hydrogen-bond acceptors (Lipinski definition) is 0. The van der Waals surface area contributed by atoms with Gasteiger partial charge in [0.2, 0.25) is 0 Å². The monoisotopic (exact) mass is 500 g/mol. The molecule has 2 aliphatic rings.